The zero-order chi connectivity index (χ0) is 40.9. The molecule has 5 heteroatoms. The molecule has 0 saturated heterocycles. The highest BCUT2D eigenvalue weighted by molar-refractivity contribution is 7.49. The average molecular weight is 741 g/mol. The summed E-state index contributed by atoms with van der Waals surface area (Å²) >= 11 is 0. The van der Waals surface area contributed by atoms with Gasteiger partial charge in [-0.2, -0.15) is 4.57 Å². The second-order valence-corrected chi connectivity index (χ2v) is 22.1. The fourth-order valence-corrected chi connectivity index (χ4v) is 7.47. The summed E-state index contributed by atoms with van der Waals surface area (Å²) in [4.78, 5) is 0. The van der Waals surface area contributed by atoms with Crippen molar-refractivity contribution >= 4 is 26.1 Å². The molecule has 3 aromatic rings. The lowest BCUT2D eigenvalue weighted by molar-refractivity contribution is 0.290. The predicted octanol–water partition coefficient (Wildman–Crippen LogP) is 15.0. The van der Waals surface area contributed by atoms with Gasteiger partial charge >= 0.3 is 7.82 Å². The first kappa shape index (κ1) is 43.9. The molecular weight excluding hydrogens is 671 g/mol. The molecule has 0 bridgehead atoms. The molecule has 0 saturated carbocycles. The van der Waals surface area contributed by atoms with Gasteiger partial charge < -0.3 is 13.6 Å². The lowest BCUT2D eigenvalue weighted by atomic mass is 9.79. The van der Waals surface area contributed by atoms with Gasteiger partial charge in [0.1, 0.15) is 17.2 Å². The Bertz CT molecular complexity index is 1690. The molecule has 4 nitrogen and oxygen atoms in total. The van der Waals surface area contributed by atoms with Crippen molar-refractivity contribution < 1.29 is 18.1 Å². The van der Waals surface area contributed by atoms with Crippen LogP contribution in [-0.2, 0) is 37.1 Å². The largest absolute Gasteiger partial charge is 0.647 e. The van der Waals surface area contributed by atoms with Crippen LogP contribution in [0.2, 0.25) is 0 Å². The number of hydrogen-bond acceptors (Lipinski definition) is 4. The minimum atomic E-state index is -4.61. The Morgan fingerprint density at radius 1 is 0.396 bits per heavy atom. The molecule has 0 aromatic heterocycles. The highest BCUT2D eigenvalue weighted by Gasteiger charge is 2.41. The third-order valence-electron chi connectivity index (χ3n) is 9.64. The summed E-state index contributed by atoms with van der Waals surface area (Å²) in [5, 5.41) is 0. The van der Waals surface area contributed by atoms with Gasteiger partial charge in [-0.05, 0) is 67.4 Å². The summed E-state index contributed by atoms with van der Waals surface area (Å²) in [6.07, 6.45) is 5.27. The van der Waals surface area contributed by atoms with E-state index in [1.54, 1.807) is 18.2 Å². The highest BCUT2D eigenvalue weighted by Crippen LogP contribution is 2.57. The molecule has 0 aliphatic heterocycles. The van der Waals surface area contributed by atoms with E-state index in [0.717, 1.165) is 33.4 Å². The maximum atomic E-state index is 16.0. The Morgan fingerprint density at radius 2 is 0.604 bits per heavy atom. The smallest absolute Gasteiger partial charge is 0.385 e. The average Bonchev–Trinajstić information content (AvgIpc) is 2.97. The molecule has 290 valence electrons. The molecule has 0 spiro atoms. The third kappa shape index (κ3) is 10.2. The number of phosphoric acid groups is 1. The molecule has 3 aromatic carbocycles. The second kappa shape index (κ2) is 14.6. The van der Waals surface area contributed by atoms with Crippen LogP contribution < -0.4 is 13.6 Å². The summed E-state index contributed by atoms with van der Waals surface area (Å²) in [5.41, 5.74) is 6.44. The van der Waals surface area contributed by atoms with Crippen molar-refractivity contribution in [3.05, 3.63) is 106 Å². The van der Waals surface area contributed by atoms with Crippen LogP contribution in [-0.4, -0.2) is 0 Å². The SMILES string of the molecule is C=Cc1cc(C(C)(C)C)cc(C(C)(C)C)c1OP(=O)(Oc1c(C=C)cc(C(C)(C)C)cc1C(C)(C)C)Oc1c(C=C)cc(C(C)(C)C)cc1C(C)(C)C. The Kier molecular flexibility index (Phi) is 12.1. The molecule has 0 aliphatic carbocycles. The van der Waals surface area contributed by atoms with Gasteiger partial charge in [0.2, 0.25) is 0 Å². The van der Waals surface area contributed by atoms with Crippen LogP contribution in [0.3, 0.4) is 0 Å². The number of benzene rings is 3. The normalized spacial score (nSPS) is 13.4. The zero-order valence-corrected chi connectivity index (χ0v) is 37.3. The molecule has 0 N–H and O–H groups in total. The van der Waals surface area contributed by atoms with Gasteiger partial charge in [0.05, 0.1) is 0 Å². The lowest BCUT2D eigenvalue weighted by Crippen LogP contribution is -2.22. The van der Waals surface area contributed by atoms with Crippen molar-refractivity contribution in [3.8, 4) is 17.2 Å². The molecular formula is C48H69O4P. The van der Waals surface area contributed by atoms with Crippen LogP contribution in [0.5, 0.6) is 17.2 Å². The van der Waals surface area contributed by atoms with Gasteiger partial charge in [-0.15, -0.1) is 0 Å². The Balaban J connectivity index is 2.56. The maximum Gasteiger partial charge on any atom is 0.647 e. The maximum absolute atomic E-state index is 16.0. The van der Waals surface area contributed by atoms with E-state index in [9.17, 15) is 0 Å². The first-order chi connectivity index (χ1) is 23.8. The van der Waals surface area contributed by atoms with Crippen LogP contribution in [0.1, 0.15) is 175 Å². The van der Waals surface area contributed by atoms with E-state index < -0.39 is 24.1 Å². The summed E-state index contributed by atoms with van der Waals surface area (Å²) in [5.74, 6) is 1.24. The van der Waals surface area contributed by atoms with Crippen molar-refractivity contribution in [2.24, 2.45) is 0 Å². The van der Waals surface area contributed by atoms with Crippen molar-refractivity contribution in [2.45, 2.75) is 157 Å². The Morgan fingerprint density at radius 3 is 0.755 bits per heavy atom. The van der Waals surface area contributed by atoms with Gasteiger partial charge in [-0.25, -0.2) is 0 Å². The van der Waals surface area contributed by atoms with Crippen LogP contribution in [0.4, 0.5) is 0 Å². The van der Waals surface area contributed by atoms with Crippen LogP contribution >= 0.6 is 7.82 Å². The minimum Gasteiger partial charge on any atom is -0.385 e. The fourth-order valence-electron chi connectivity index (χ4n) is 6.08. The number of phosphoric ester groups is 1. The lowest BCUT2D eigenvalue weighted by Gasteiger charge is -2.33. The summed E-state index contributed by atoms with van der Waals surface area (Å²) < 4.78 is 36.6. The van der Waals surface area contributed by atoms with Gasteiger partial charge in [0.15, 0.2) is 0 Å². The first-order valence-electron chi connectivity index (χ1n) is 18.9. The van der Waals surface area contributed by atoms with Gasteiger partial charge in [-0.1, -0.05) is 181 Å². The van der Waals surface area contributed by atoms with Crippen molar-refractivity contribution in [1.29, 1.82) is 0 Å². The summed E-state index contributed by atoms with van der Waals surface area (Å²) in [6, 6.07) is 12.6. The Hall–Kier alpha value is -3.49. The summed E-state index contributed by atoms with van der Waals surface area (Å²) in [7, 11) is -4.61. The van der Waals surface area contributed by atoms with Crippen molar-refractivity contribution in [3.63, 3.8) is 0 Å². The van der Waals surface area contributed by atoms with E-state index in [0.29, 0.717) is 33.9 Å². The molecule has 53 heavy (non-hydrogen) atoms. The Labute approximate surface area is 323 Å². The van der Waals surface area contributed by atoms with Crippen LogP contribution in [0, 0.1) is 0 Å². The van der Waals surface area contributed by atoms with Gasteiger partial charge in [0.25, 0.3) is 0 Å². The number of rotatable bonds is 9. The number of hydrogen-bond donors (Lipinski definition) is 0. The van der Waals surface area contributed by atoms with E-state index in [4.69, 9.17) is 13.6 Å². The quantitative estimate of drug-likeness (QED) is 0.205. The molecule has 0 radical (unpaired) electrons. The second-order valence-electron chi connectivity index (χ2n) is 20.7. The topological polar surface area (TPSA) is 44.8 Å². The standard InChI is InChI=1S/C48H69O4P/c1-22-31-25-34(43(4,5)6)28-37(46(13,14)15)40(31)50-53(49,51-41-32(23-2)26-35(44(7,8)9)29-38(41)47(16,17)18)52-42-33(24-3)27-36(45(10,11)12)30-39(42)48(19,20)21/h22-30H,1-3H2,4-21H3. The predicted molar refractivity (Wildman–Crippen MR) is 231 cm³/mol. The van der Waals surface area contributed by atoms with Crippen molar-refractivity contribution in [1.82, 2.24) is 0 Å². The van der Waals surface area contributed by atoms with E-state index in [1.165, 1.54) is 0 Å². The molecule has 0 fully saturated rings. The van der Waals surface area contributed by atoms with Gasteiger partial charge in [-0.3, -0.25) is 0 Å². The molecule has 0 heterocycles. The molecule has 3 rings (SSSR count). The minimum absolute atomic E-state index is 0.155. The fraction of sp³-hybridized carbons (Fsp3) is 0.500. The zero-order valence-electron chi connectivity index (χ0n) is 36.4. The molecule has 0 amide bonds. The molecule has 0 unspecified atom stereocenters. The molecule has 0 aliphatic rings. The molecule has 0 atom stereocenters. The van der Waals surface area contributed by atoms with Crippen LogP contribution in [0.25, 0.3) is 18.2 Å². The highest BCUT2D eigenvalue weighted by atomic mass is 31.2. The third-order valence-corrected chi connectivity index (χ3v) is 10.9. The van der Waals surface area contributed by atoms with E-state index in [1.807, 2.05) is 0 Å². The monoisotopic (exact) mass is 740 g/mol. The summed E-state index contributed by atoms with van der Waals surface area (Å²) in [6.45, 7) is 51.2. The van der Waals surface area contributed by atoms with Crippen LogP contribution in [0.15, 0.2) is 56.1 Å². The van der Waals surface area contributed by atoms with E-state index >= 15 is 4.57 Å². The van der Waals surface area contributed by atoms with E-state index in [2.05, 4.69) is 181 Å². The van der Waals surface area contributed by atoms with E-state index in [-0.39, 0.29) is 16.2 Å². The first-order valence-corrected chi connectivity index (χ1v) is 20.4. The van der Waals surface area contributed by atoms with Crippen molar-refractivity contribution in [2.75, 3.05) is 0 Å². The van der Waals surface area contributed by atoms with Gasteiger partial charge in [0, 0.05) is 33.4 Å².